The first-order valence-electron chi connectivity index (χ1n) is 6.20. The van der Waals surface area contributed by atoms with Crippen LogP contribution in [-0.2, 0) is 19.6 Å². The van der Waals surface area contributed by atoms with Gasteiger partial charge in [0, 0.05) is 0 Å². The summed E-state index contributed by atoms with van der Waals surface area (Å²) in [6.07, 6.45) is -3.93. The third-order valence-corrected chi connectivity index (χ3v) is 3.23. The molecule has 136 valence electrons. The molecule has 5 N–H and O–H groups in total. The van der Waals surface area contributed by atoms with Gasteiger partial charge in [-0.15, -0.1) is 0 Å². The number of ether oxygens (including phenoxy) is 2. The quantitative estimate of drug-likeness (QED) is 0.140. The van der Waals surface area contributed by atoms with Crippen LogP contribution in [-0.4, -0.2) is 101 Å². The predicted octanol–water partition coefficient (Wildman–Crippen LogP) is -2.78. The summed E-state index contributed by atoms with van der Waals surface area (Å²) >= 11 is 0. The Hall–Kier alpha value is -1.09. The second-order valence-electron chi connectivity index (χ2n) is 4.38. The van der Waals surface area contributed by atoms with E-state index in [0.29, 0.717) is 12.1 Å². The van der Waals surface area contributed by atoms with E-state index in [-0.39, 0.29) is 29.6 Å². The average molecular weight is 390 g/mol. The zero-order chi connectivity index (χ0) is 18.5. The maximum absolute atomic E-state index is 11.7. The van der Waals surface area contributed by atoms with Gasteiger partial charge >= 0.3 is 41.5 Å². The zero-order valence-electron chi connectivity index (χ0n) is 11.9. The molecule has 0 aliphatic rings. The molecule has 0 bridgehead atoms. The number of carbonyl (C=O) groups is 2. The Balaban J connectivity index is 0.00000576. The van der Waals surface area contributed by atoms with Gasteiger partial charge in [-0.25, -0.2) is 9.59 Å². The molecule has 13 heteroatoms. The first-order valence-corrected chi connectivity index (χ1v) is 7.64. The van der Waals surface area contributed by atoms with Gasteiger partial charge in [0.25, 0.3) is 10.1 Å². The number of hydrogen-bond donors (Lipinski definition) is 5. The second kappa shape index (κ2) is 10.2. The Morgan fingerprint density at radius 3 is 1.52 bits per heavy atom. The van der Waals surface area contributed by atoms with Crippen LogP contribution in [0, 0.1) is 0 Å². The van der Waals surface area contributed by atoms with E-state index >= 15 is 0 Å². The van der Waals surface area contributed by atoms with Crippen molar-refractivity contribution in [1.82, 2.24) is 0 Å². The summed E-state index contributed by atoms with van der Waals surface area (Å²) < 4.78 is 40.3. The molecule has 0 fully saturated rings. The normalized spacial score (nSPS) is 11.2. The van der Waals surface area contributed by atoms with E-state index in [1.807, 2.05) is 0 Å². The van der Waals surface area contributed by atoms with Gasteiger partial charge in [-0.1, -0.05) is 0 Å². The standard InChI is InChI=1S/C12H14O11S.Na.H/c13-9(14)4-22-11(17)6-1-7(12(18)23-5-10(15)16)3-8(2-6)24(19,20)21;;/h1-3,9-10,13-16H,4-5H2,(H,19,20,21);;. The summed E-state index contributed by atoms with van der Waals surface area (Å²) in [5.41, 5.74) is -0.996. The zero-order valence-corrected chi connectivity index (χ0v) is 12.7. The third kappa shape index (κ3) is 8.22. The Morgan fingerprint density at radius 1 is 0.880 bits per heavy atom. The monoisotopic (exact) mass is 390 g/mol. The van der Waals surface area contributed by atoms with Gasteiger partial charge in [-0.3, -0.25) is 4.55 Å². The van der Waals surface area contributed by atoms with Crippen LogP contribution in [0.2, 0.25) is 0 Å². The molecule has 1 rings (SSSR count). The molecule has 0 aliphatic heterocycles. The fourth-order valence-electron chi connectivity index (χ4n) is 1.45. The number of esters is 2. The number of carbonyl (C=O) groups excluding carboxylic acids is 2. The molecule has 0 radical (unpaired) electrons. The van der Waals surface area contributed by atoms with E-state index in [1.165, 1.54) is 0 Å². The van der Waals surface area contributed by atoms with E-state index in [9.17, 15) is 18.0 Å². The molecular weight excluding hydrogens is 375 g/mol. The van der Waals surface area contributed by atoms with Gasteiger partial charge < -0.3 is 29.9 Å². The van der Waals surface area contributed by atoms with Crippen molar-refractivity contribution in [2.24, 2.45) is 0 Å². The molecule has 25 heavy (non-hydrogen) atoms. The van der Waals surface area contributed by atoms with Crippen molar-refractivity contribution in [2.45, 2.75) is 17.5 Å². The summed E-state index contributed by atoms with van der Waals surface area (Å²) in [4.78, 5) is 22.6. The molecule has 11 nitrogen and oxygen atoms in total. The van der Waals surface area contributed by atoms with Crippen LogP contribution >= 0.6 is 0 Å². The van der Waals surface area contributed by atoms with Crippen LogP contribution in [0.4, 0.5) is 0 Å². The third-order valence-electron chi connectivity index (χ3n) is 2.40. The number of benzene rings is 1. The molecule has 0 spiro atoms. The fourth-order valence-corrected chi connectivity index (χ4v) is 2.00. The summed E-state index contributed by atoms with van der Waals surface area (Å²) in [6.45, 7) is -1.63. The maximum atomic E-state index is 11.7. The van der Waals surface area contributed by atoms with Crippen LogP contribution in [0.1, 0.15) is 20.7 Å². The summed E-state index contributed by atoms with van der Waals surface area (Å²) in [5, 5.41) is 34.5. The Labute approximate surface area is 163 Å². The van der Waals surface area contributed by atoms with Crippen molar-refractivity contribution in [3.8, 4) is 0 Å². The van der Waals surface area contributed by atoms with E-state index in [4.69, 9.17) is 25.0 Å². The van der Waals surface area contributed by atoms with Crippen molar-refractivity contribution >= 4 is 51.6 Å². The van der Waals surface area contributed by atoms with Crippen LogP contribution in [0.5, 0.6) is 0 Å². The van der Waals surface area contributed by atoms with Crippen molar-refractivity contribution in [2.75, 3.05) is 13.2 Å². The van der Waals surface area contributed by atoms with Gasteiger partial charge in [0.2, 0.25) is 0 Å². The SMILES string of the molecule is O=C(OCC(O)O)c1cc(C(=O)OCC(O)O)cc(S(=O)(=O)O)c1.[NaH]. The number of hydrogen-bond acceptors (Lipinski definition) is 10. The van der Waals surface area contributed by atoms with Crippen molar-refractivity contribution < 1.29 is 52.5 Å². The molecule has 0 heterocycles. The second-order valence-corrected chi connectivity index (χ2v) is 5.80. The molecular formula is C12H15NaO11S. The summed E-state index contributed by atoms with van der Waals surface area (Å²) in [7, 11) is -4.79. The molecule has 1 aromatic carbocycles. The molecule has 0 aromatic heterocycles. The molecule has 0 atom stereocenters. The number of aliphatic hydroxyl groups excluding tert-OH is 2. The van der Waals surface area contributed by atoms with Gasteiger partial charge in [0.15, 0.2) is 12.6 Å². The van der Waals surface area contributed by atoms with Gasteiger partial charge in [-0.2, -0.15) is 8.42 Å². The number of aliphatic hydroxyl groups is 4. The number of rotatable bonds is 7. The van der Waals surface area contributed by atoms with Crippen molar-refractivity contribution in [1.29, 1.82) is 0 Å². The van der Waals surface area contributed by atoms with Crippen molar-refractivity contribution in [3.05, 3.63) is 29.3 Å². The van der Waals surface area contributed by atoms with E-state index in [1.54, 1.807) is 0 Å². The summed E-state index contributed by atoms with van der Waals surface area (Å²) in [6, 6.07) is 2.24. The Morgan fingerprint density at radius 2 is 1.24 bits per heavy atom. The Bertz CT molecular complexity index is 672. The predicted molar refractivity (Wildman–Crippen MR) is 80.4 cm³/mol. The molecule has 0 saturated carbocycles. The first-order chi connectivity index (χ1) is 11.0. The van der Waals surface area contributed by atoms with Crippen LogP contribution in [0.3, 0.4) is 0 Å². The first kappa shape index (κ1) is 23.9. The topological polar surface area (TPSA) is 188 Å². The van der Waals surface area contributed by atoms with E-state index in [2.05, 4.69) is 9.47 Å². The molecule has 0 aliphatic carbocycles. The van der Waals surface area contributed by atoms with Gasteiger partial charge in [0.1, 0.15) is 13.2 Å². The van der Waals surface area contributed by atoms with E-state index in [0.717, 1.165) is 6.07 Å². The summed E-state index contributed by atoms with van der Waals surface area (Å²) in [5.74, 6) is -2.41. The molecule has 0 unspecified atom stereocenters. The van der Waals surface area contributed by atoms with E-state index < -0.39 is 63.9 Å². The average Bonchev–Trinajstić information content (AvgIpc) is 2.48. The van der Waals surface area contributed by atoms with Crippen molar-refractivity contribution in [3.63, 3.8) is 0 Å². The minimum absolute atomic E-state index is 0. The van der Waals surface area contributed by atoms with Crippen LogP contribution in [0.25, 0.3) is 0 Å². The molecule has 0 amide bonds. The van der Waals surface area contributed by atoms with Gasteiger partial charge in [-0.05, 0) is 18.2 Å². The van der Waals surface area contributed by atoms with Crippen LogP contribution < -0.4 is 0 Å². The fraction of sp³-hybridized carbons (Fsp3) is 0.333. The minimum atomic E-state index is -4.79. The Kier molecular flexibility index (Phi) is 9.71. The molecule has 0 saturated heterocycles. The van der Waals surface area contributed by atoms with Crippen LogP contribution in [0.15, 0.2) is 23.1 Å². The molecule has 1 aromatic rings. The van der Waals surface area contributed by atoms with Gasteiger partial charge in [0.05, 0.1) is 16.0 Å².